The van der Waals surface area contributed by atoms with E-state index >= 15 is 0 Å². The van der Waals surface area contributed by atoms with Crippen molar-refractivity contribution >= 4 is 10.0 Å². The van der Waals surface area contributed by atoms with E-state index in [1.165, 1.54) is 12.4 Å². The highest BCUT2D eigenvalue weighted by atomic mass is 32.2. The molecule has 112 valence electrons. The molecule has 0 saturated carbocycles. The number of sulfonamides is 1. The maximum absolute atomic E-state index is 13.7. The fourth-order valence-corrected chi connectivity index (χ4v) is 2.82. The molecule has 0 saturated heterocycles. The van der Waals surface area contributed by atoms with Gasteiger partial charge in [-0.1, -0.05) is 6.07 Å². The lowest BCUT2D eigenvalue weighted by Gasteiger charge is -2.09. The Morgan fingerprint density at radius 2 is 2.00 bits per heavy atom. The number of hydrogen-bond acceptors (Lipinski definition) is 4. The van der Waals surface area contributed by atoms with E-state index in [9.17, 15) is 17.2 Å². The first-order chi connectivity index (χ1) is 9.94. The second-order valence-electron chi connectivity index (χ2n) is 4.23. The standard InChI is InChI=1S/C13H12F2N2O3S/c14-11-4-10(8-18)5-12(13(11)15)21(19,20)17-7-9-2-1-3-16-6-9/h1-6,17-18H,7-8H2. The van der Waals surface area contributed by atoms with Crippen LogP contribution in [0.5, 0.6) is 0 Å². The van der Waals surface area contributed by atoms with Crippen LogP contribution in [0, 0.1) is 11.6 Å². The molecule has 1 aromatic carbocycles. The van der Waals surface area contributed by atoms with Gasteiger partial charge in [-0.15, -0.1) is 0 Å². The monoisotopic (exact) mass is 314 g/mol. The lowest BCUT2D eigenvalue weighted by atomic mass is 10.2. The van der Waals surface area contributed by atoms with Crippen molar-refractivity contribution in [1.29, 1.82) is 0 Å². The van der Waals surface area contributed by atoms with Gasteiger partial charge in [0.2, 0.25) is 10.0 Å². The van der Waals surface area contributed by atoms with Crippen LogP contribution in [-0.2, 0) is 23.2 Å². The molecule has 0 aliphatic heterocycles. The Morgan fingerprint density at radius 3 is 2.62 bits per heavy atom. The summed E-state index contributed by atoms with van der Waals surface area (Å²) in [6.45, 7) is -0.705. The van der Waals surface area contributed by atoms with Gasteiger partial charge in [0.15, 0.2) is 11.6 Å². The van der Waals surface area contributed by atoms with Crippen LogP contribution in [0.15, 0.2) is 41.6 Å². The number of nitrogens with one attached hydrogen (secondary N) is 1. The molecule has 8 heteroatoms. The van der Waals surface area contributed by atoms with E-state index in [-0.39, 0.29) is 12.1 Å². The molecule has 0 radical (unpaired) electrons. The van der Waals surface area contributed by atoms with Crippen molar-refractivity contribution in [2.75, 3.05) is 0 Å². The Morgan fingerprint density at radius 1 is 1.24 bits per heavy atom. The van der Waals surface area contributed by atoms with E-state index in [4.69, 9.17) is 5.11 Å². The van der Waals surface area contributed by atoms with E-state index in [1.54, 1.807) is 12.1 Å². The van der Waals surface area contributed by atoms with Crippen molar-refractivity contribution < 1.29 is 22.3 Å². The minimum atomic E-state index is -4.25. The van der Waals surface area contributed by atoms with E-state index in [1.807, 2.05) is 0 Å². The molecule has 21 heavy (non-hydrogen) atoms. The number of aliphatic hydroxyl groups is 1. The van der Waals surface area contributed by atoms with E-state index < -0.39 is 33.2 Å². The van der Waals surface area contributed by atoms with Gasteiger partial charge in [0.1, 0.15) is 4.90 Å². The molecule has 0 bridgehead atoms. The fraction of sp³-hybridized carbons (Fsp3) is 0.154. The summed E-state index contributed by atoms with van der Waals surface area (Å²) in [4.78, 5) is 2.98. The third-order valence-electron chi connectivity index (χ3n) is 2.72. The average molecular weight is 314 g/mol. The molecule has 0 aliphatic rings. The molecule has 0 spiro atoms. The van der Waals surface area contributed by atoms with Gasteiger partial charge >= 0.3 is 0 Å². The number of aromatic nitrogens is 1. The van der Waals surface area contributed by atoms with Gasteiger partial charge in [0, 0.05) is 18.9 Å². The molecule has 0 aliphatic carbocycles. The molecule has 5 nitrogen and oxygen atoms in total. The van der Waals surface area contributed by atoms with Gasteiger partial charge in [-0.25, -0.2) is 21.9 Å². The zero-order chi connectivity index (χ0) is 15.5. The van der Waals surface area contributed by atoms with Crippen LogP contribution in [0.4, 0.5) is 8.78 Å². The molecule has 0 unspecified atom stereocenters. The number of aliphatic hydroxyl groups excluding tert-OH is 1. The first kappa shape index (κ1) is 15.5. The molecule has 2 rings (SSSR count). The predicted molar refractivity (Wildman–Crippen MR) is 70.5 cm³/mol. The maximum atomic E-state index is 13.7. The van der Waals surface area contributed by atoms with Crippen molar-refractivity contribution in [3.05, 3.63) is 59.4 Å². The van der Waals surface area contributed by atoms with Crippen LogP contribution in [0.1, 0.15) is 11.1 Å². The SMILES string of the molecule is O=S(=O)(NCc1cccnc1)c1cc(CO)cc(F)c1F. The summed E-state index contributed by atoms with van der Waals surface area (Å²) in [5.74, 6) is -2.81. The Kier molecular flexibility index (Phi) is 4.61. The first-order valence-corrected chi connectivity index (χ1v) is 7.39. The van der Waals surface area contributed by atoms with Gasteiger partial charge in [-0.2, -0.15) is 0 Å². The molecular formula is C13H12F2N2O3S. The molecule has 0 atom stereocenters. The van der Waals surface area contributed by atoms with Crippen LogP contribution in [-0.4, -0.2) is 18.5 Å². The summed E-state index contributed by atoms with van der Waals surface area (Å²) >= 11 is 0. The van der Waals surface area contributed by atoms with Crippen molar-refractivity contribution in [3.63, 3.8) is 0 Å². The molecule has 2 aromatic rings. The third kappa shape index (κ3) is 3.60. The van der Waals surface area contributed by atoms with Crippen LogP contribution in [0.25, 0.3) is 0 Å². The second kappa shape index (κ2) is 6.25. The van der Waals surface area contributed by atoms with Gasteiger partial charge in [0.25, 0.3) is 0 Å². The number of pyridine rings is 1. The highest BCUT2D eigenvalue weighted by molar-refractivity contribution is 7.89. The summed E-state index contributed by atoms with van der Waals surface area (Å²) in [6.07, 6.45) is 2.97. The molecule has 1 heterocycles. The maximum Gasteiger partial charge on any atom is 0.243 e. The van der Waals surface area contributed by atoms with Crippen molar-refractivity contribution in [2.24, 2.45) is 0 Å². The van der Waals surface area contributed by atoms with Crippen molar-refractivity contribution in [2.45, 2.75) is 18.0 Å². The van der Waals surface area contributed by atoms with Crippen LogP contribution >= 0.6 is 0 Å². The highest BCUT2D eigenvalue weighted by Crippen LogP contribution is 2.20. The van der Waals surface area contributed by atoms with E-state index in [2.05, 4.69) is 9.71 Å². The first-order valence-electron chi connectivity index (χ1n) is 5.91. The van der Waals surface area contributed by atoms with Gasteiger partial charge in [-0.3, -0.25) is 4.98 Å². The summed E-state index contributed by atoms with van der Waals surface area (Å²) in [6, 6.07) is 4.90. The Bertz CT molecular complexity index is 737. The lowest BCUT2D eigenvalue weighted by molar-refractivity contribution is 0.280. The fourth-order valence-electron chi connectivity index (χ4n) is 1.66. The van der Waals surface area contributed by atoms with Crippen molar-refractivity contribution in [3.8, 4) is 0 Å². The summed E-state index contributed by atoms with van der Waals surface area (Å²) in [5.41, 5.74) is 0.538. The Balaban J connectivity index is 2.29. The molecular weight excluding hydrogens is 302 g/mol. The number of benzene rings is 1. The number of rotatable bonds is 5. The topological polar surface area (TPSA) is 79.3 Å². The second-order valence-corrected chi connectivity index (χ2v) is 5.97. The minimum Gasteiger partial charge on any atom is -0.392 e. The van der Waals surface area contributed by atoms with Gasteiger partial charge in [0.05, 0.1) is 6.61 Å². The van der Waals surface area contributed by atoms with E-state index in [0.717, 1.165) is 12.1 Å². The average Bonchev–Trinajstić information content (AvgIpc) is 2.48. The summed E-state index contributed by atoms with van der Waals surface area (Å²) < 4.78 is 53.2. The van der Waals surface area contributed by atoms with Gasteiger partial charge < -0.3 is 5.11 Å². The lowest BCUT2D eigenvalue weighted by Crippen LogP contribution is -2.24. The smallest absolute Gasteiger partial charge is 0.243 e. The number of hydrogen-bond donors (Lipinski definition) is 2. The molecule has 1 aromatic heterocycles. The van der Waals surface area contributed by atoms with Crippen molar-refractivity contribution in [1.82, 2.24) is 9.71 Å². The third-order valence-corrected chi connectivity index (χ3v) is 4.12. The normalized spacial score (nSPS) is 11.6. The minimum absolute atomic E-state index is 0.0318. The highest BCUT2D eigenvalue weighted by Gasteiger charge is 2.22. The van der Waals surface area contributed by atoms with Crippen LogP contribution in [0.3, 0.4) is 0 Å². The van der Waals surface area contributed by atoms with Crippen LogP contribution in [0.2, 0.25) is 0 Å². The largest absolute Gasteiger partial charge is 0.392 e. The zero-order valence-electron chi connectivity index (χ0n) is 10.8. The summed E-state index contributed by atoms with van der Waals surface area (Å²) in [7, 11) is -4.25. The Hall–Kier alpha value is -1.90. The van der Waals surface area contributed by atoms with Gasteiger partial charge in [-0.05, 0) is 29.3 Å². The molecule has 0 fully saturated rings. The molecule has 2 N–H and O–H groups in total. The number of halogens is 2. The summed E-state index contributed by atoms with van der Waals surface area (Å²) in [5, 5.41) is 8.94. The Labute approximate surface area is 120 Å². The molecule has 0 amide bonds. The number of nitrogens with zero attached hydrogens (tertiary/aromatic N) is 1. The van der Waals surface area contributed by atoms with Crippen LogP contribution < -0.4 is 4.72 Å². The quantitative estimate of drug-likeness (QED) is 0.872. The van der Waals surface area contributed by atoms with E-state index in [0.29, 0.717) is 5.56 Å². The predicted octanol–water partition coefficient (Wildman–Crippen LogP) is 1.33. The zero-order valence-corrected chi connectivity index (χ0v) is 11.6.